The summed E-state index contributed by atoms with van der Waals surface area (Å²) in [5, 5.41) is 0. The molecule has 100 valence electrons. The Morgan fingerprint density at radius 3 is 2.58 bits per heavy atom. The van der Waals surface area contributed by atoms with Crippen LogP contribution >= 0.6 is 0 Å². The van der Waals surface area contributed by atoms with Crippen LogP contribution in [0.2, 0.25) is 0 Å². The van der Waals surface area contributed by atoms with E-state index in [9.17, 15) is 8.78 Å². The van der Waals surface area contributed by atoms with Gasteiger partial charge < -0.3 is 10.5 Å². The predicted molar refractivity (Wildman–Crippen MR) is 70.0 cm³/mol. The largest absolute Gasteiger partial charge is 0.497 e. The highest BCUT2D eigenvalue weighted by Gasteiger charge is 2.10. The number of ether oxygens (including phenoxy) is 1. The topological polar surface area (TPSA) is 35.2 Å². The summed E-state index contributed by atoms with van der Waals surface area (Å²) in [6.45, 7) is 0. The van der Waals surface area contributed by atoms with Gasteiger partial charge in [-0.15, -0.1) is 0 Å². The number of rotatable bonds is 4. The summed E-state index contributed by atoms with van der Waals surface area (Å²) >= 11 is 0. The van der Waals surface area contributed by atoms with Crippen LogP contribution in [0, 0.1) is 11.6 Å². The summed E-state index contributed by atoms with van der Waals surface area (Å²) in [7, 11) is 1.58. The fraction of sp³-hybridized carbons (Fsp3) is 0.200. The Balaban J connectivity index is 2.15. The van der Waals surface area contributed by atoms with E-state index >= 15 is 0 Å². The number of benzene rings is 2. The Morgan fingerprint density at radius 2 is 1.89 bits per heavy atom. The second kappa shape index (κ2) is 5.80. The predicted octanol–water partition coefficient (Wildman–Crippen LogP) is 3.22. The van der Waals surface area contributed by atoms with Crippen molar-refractivity contribution in [2.75, 3.05) is 7.11 Å². The van der Waals surface area contributed by atoms with Crippen molar-refractivity contribution >= 4 is 0 Å². The van der Waals surface area contributed by atoms with Gasteiger partial charge in [0.15, 0.2) is 11.6 Å². The lowest BCUT2D eigenvalue weighted by Gasteiger charge is -2.13. The monoisotopic (exact) mass is 263 g/mol. The Bertz CT molecular complexity index is 572. The fourth-order valence-electron chi connectivity index (χ4n) is 1.91. The van der Waals surface area contributed by atoms with Crippen LogP contribution in [0.25, 0.3) is 0 Å². The van der Waals surface area contributed by atoms with Crippen molar-refractivity contribution in [1.29, 1.82) is 0 Å². The van der Waals surface area contributed by atoms with Crippen LogP contribution in [0.3, 0.4) is 0 Å². The van der Waals surface area contributed by atoms with Gasteiger partial charge in [-0.25, -0.2) is 8.78 Å². The summed E-state index contributed by atoms with van der Waals surface area (Å²) in [5.74, 6) is -0.979. The molecule has 2 rings (SSSR count). The van der Waals surface area contributed by atoms with Crippen molar-refractivity contribution in [2.24, 2.45) is 5.73 Å². The molecule has 2 nitrogen and oxygen atoms in total. The molecule has 4 heteroatoms. The molecule has 2 aromatic rings. The van der Waals surface area contributed by atoms with Crippen LogP contribution < -0.4 is 10.5 Å². The average Bonchev–Trinajstić information content (AvgIpc) is 2.43. The molecule has 0 saturated carbocycles. The van der Waals surface area contributed by atoms with Crippen molar-refractivity contribution < 1.29 is 13.5 Å². The lowest BCUT2D eigenvalue weighted by atomic mass is 9.99. The van der Waals surface area contributed by atoms with Gasteiger partial charge in [0.2, 0.25) is 0 Å². The quantitative estimate of drug-likeness (QED) is 0.919. The third-order valence-electron chi connectivity index (χ3n) is 2.96. The number of hydrogen-bond donors (Lipinski definition) is 1. The van der Waals surface area contributed by atoms with Crippen LogP contribution in [0.5, 0.6) is 5.75 Å². The smallest absolute Gasteiger partial charge is 0.159 e. The highest BCUT2D eigenvalue weighted by molar-refractivity contribution is 5.31. The van der Waals surface area contributed by atoms with E-state index in [1.807, 2.05) is 24.3 Å². The van der Waals surface area contributed by atoms with Crippen LogP contribution in [-0.4, -0.2) is 7.11 Å². The van der Waals surface area contributed by atoms with Crippen LogP contribution in [-0.2, 0) is 6.42 Å². The molecule has 0 saturated heterocycles. The molecule has 0 aliphatic carbocycles. The van der Waals surface area contributed by atoms with E-state index in [1.165, 1.54) is 6.07 Å². The second-order valence-electron chi connectivity index (χ2n) is 4.34. The molecule has 0 aromatic heterocycles. The minimum atomic E-state index is -0.852. The molecule has 0 aliphatic rings. The third kappa shape index (κ3) is 3.29. The van der Waals surface area contributed by atoms with Gasteiger partial charge >= 0.3 is 0 Å². The molecule has 19 heavy (non-hydrogen) atoms. The summed E-state index contributed by atoms with van der Waals surface area (Å²) in [4.78, 5) is 0. The number of nitrogens with two attached hydrogens (primary N) is 1. The molecule has 0 bridgehead atoms. The highest BCUT2D eigenvalue weighted by Crippen LogP contribution is 2.21. The zero-order valence-electron chi connectivity index (χ0n) is 10.6. The van der Waals surface area contributed by atoms with Gasteiger partial charge in [0.05, 0.1) is 7.11 Å². The van der Waals surface area contributed by atoms with Crippen LogP contribution in [0.15, 0.2) is 42.5 Å². The standard InChI is InChI=1S/C15H15F2NO/c1-19-12-4-2-3-11(9-12)15(18)8-10-5-6-13(16)14(17)7-10/h2-7,9,15H,8,18H2,1H3. The van der Waals surface area contributed by atoms with Crippen molar-refractivity contribution in [3.8, 4) is 5.75 Å². The minimum Gasteiger partial charge on any atom is -0.497 e. The van der Waals surface area contributed by atoms with Gasteiger partial charge in [-0.1, -0.05) is 18.2 Å². The van der Waals surface area contributed by atoms with Crippen molar-refractivity contribution in [1.82, 2.24) is 0 Å². The van der Waals surface area contributed by atoms with Gasteiger partial charge in [-0.2, -0.15) is 0 Å². The fourth-order valence-corrected chi connectivity index (χ4v) is 1.91. The van der Waals surface area contributed by atoms with Crippen LogP contribution in [0.1, 0.15) is 17.2 Å². The Morgan fingerprint density at radius 1 is 1.11 bits per heavy atom. The molecule has 2 N–H and O–H groups in total. The summed E-state index contributed by atoms with van der Waals surface area (Å²) in [6, 6.07) is 10.9. The van der Waals surface area contributed by atoms with Gasteiger partial charge in [0.1, 0.15) is 5.75 Å². The van der Waals surface area contributed by atoms with E-state index < -0.39 is 11.6 Å². The molecule has 0 amide bonds. The van der Waals surface area contributed by atoms with E-state index in [0.29, 0.717) is 12.0 Å². The zero-order chi connectivity index (χ0) is 13.8. The van der Waals surface area contributed by atoms with Crippen molar-refractivity contribution in [3.05, 3.63) is 65.2 Å². The van der Waals surface area contributed by atoms with E-state index in [1.54, 1.807) is 13.2 Å². The Kier molecular flexibility index (Phi) is 4.12. The maximum atomic E-state index is 13.1. The molecule has 0 fully saturated rings. The first-order valence-corrected chi connectivity index (χ1v) is 5.93. The van der Waals surface area contributed by atoms with E-state index in [0.717, 1.165) is 17.4 Å². The summed E-state index contributed by atoms with van der Waals surface area (Å²) in [6.07, 6.45) is 0.435. The van der Waals surface area contributed by atoms with Crippen molar-refractivity contribution in [2.45, 2.75) is 12.5 Å². The van der Waals surface area contributed by atoms with E-state index in [-0.39, 0.29) is 6.04 Å². The van der Waals surface area contributed by atoms with E-state index in [4.69, 9.17) is 10.5 Å². The number of methoxy groups -OCH3 is 1. The lowest BCUT2D eigenvalue weighted by molar-refractivity contribution is 0.413. The average molecular weight is 263 g/mol. The molecule has 0 spiro atoms. The summed E-state index contributed by atoms with van der Waals surface area (Å²) in [5.41, 5.74) is 7.62. The number of halogens is 2. The first-order valence-electron chi connectivity index (χ1n) is 5.93. The lowest BCUT2D eigenvalue weighted by Crippen LogP contribution is -2.13. The minimum absolute atomic E-state index is 0.292. The first kappa shape index (κ1) is 13.5. The molecule has 1 unspecified atom stereocenters. The highest BCUT2D eigenvalue weighted by atomic mass is 19.2. The molecular weight excluding hydrogens is 248 g/mol. The molecular formula is C15H15F2NO. The normalized spacial score (nSPS) is 12.2. The van der Waals surface area contributed by atoms with Crippen LogP contribution in [0.4, 0.5) is 8.78 Å². The Hall–Kier alpha value is -1.94. The Labute approximate surface area is 110 Å². The van der Waals surface area contributed by atoms with Crippen molar-refractivity contribution in [3.63, 3.8) is 0 Å². The van der Waals surface area contributed by atoms with Gasteiger partial charge in [-0.05, 0) is 41.8 Å². The van der Waals surface area contributed by atoms with E-state index in [2.05, 4.69) is 0 Å². The second-order valence-corrected chi connectivity index (χ2v) is 4.34. The SMILES string of the molecule is COc1cccc(C(N)Cc2ccc(F)c(F)c2)c1. The molecule has 0 aliphatic heterocycles. The first-order chi connectivity index (χ1) is 9.10. The summed E-state index contributed by atoms with van der Waals surface area (Å²) < 4.78 is 31.1. The van der Waals surface area contributed by atoms with Gasteiger partial charge in [0, 0.05) is 6.04 Å². The molecule has 2 aromatic carbocycles. The molecule has 0 heterocycles. The maximum Gasteiger partial charge on any atom is 0.159 e. The maximum absolute atomic E-state index is 13.1. The molecule has 0 radical (unpaired) electrons. The van der Waals surface area contributed by atoms with Gasteiger partial charge in [0.25, 0.3) is 0 Å². The molecule has 1 atom stereocenters. The van der Waals surface area contributed by atoms with Gasteiger partial charge in [-0.3, -0.25) is 0 Å². The third-order valence-corrected chi connectivity index (χ3v) is 2.96. The zero-order valence-corrected chi connectivity index (χ0v) is 10.6. The number of hydrogen-bond acceptors (Lipinski definition) is 2.